The summed E-state index contributed by atoms with van der Waals surface area (Å²) in [4.78, 5) is 13.1. The third kappa shape index (κ3) is 2.20. The molecule has 20 heavy (non-hydrogen) atoms. The van der Waals surface area contributed by atoms with Crippen LogP contribution in [0.4, 0.5) is 5.69 Å². The zero-order chi connectivity index (χ0) is 14.1. The topological polar surface area (TPSA) is 49.8 Å². The SMILES string of the molecule is COc1ccc(N2CC(=O)c3ccccc3S2)cc1O. The maximum atomic E-state index is 12.1. The Morgan fingerprint density at radius 3 is 2.80 bits per heavy atom. The first-order valence-electron chi connectivity index (χ1n) is 6.14. The lowest BCUT2D eigenvalue weighted by Crippen LogP contribution is -2.28. The number of fused-ring (bicyclic) bond motifs is 1. The van der Waals surface area contributed by atoms with E-state index in [-0.39, 0.29) is 18.1 Å². The number of nitrogens with zero attached hydrogens (tertiary/aromatic N) is 1. The van der Waals surface area contributed by atoms with E-state index in [1.165, 1.54) is 19.1 Å². The molecule has 0 unspecified atom stereocenters. The van der Waals surface area contributed by atoms with Gasteiger partial charge in [-0.25, -0.2) is 0 Å². The summed E-state index contributed by atoms with van der Waals surface area (Å²) in [7, 11) is 1.50. The lowest BCUT2D eigenvalue weighted by Gasteiger charge is -2.28. The van der Waals surface area contributed by atoms with Gasteiger partial charge >= 0.3 is 0 Å². The molecule has 0 aliphatic carbocycles. The standard InChI is InChI=1S/C15H13NO3S/c1-19-14-7-6-10(8-12(14)17)16-9-13(18)11-4-2-3-5-15(11)20-16/h2-8,17H,9H2,1H3. The number of methoxy groups -OCH3 is 1. The van der Waals surface area contributed by atoms with Gasteiger partial charge in [-0.3, -0.25) is 4.79 Å². The Labute approximate surface area is 121 Å². The molecular weight excluding hydrogens is 274 g/mol. The quantitative estimate of drug-likeness (QED) is 0.860. The lowest BCUT2D eigenvalue weighted by molar-refractivity contribution is 0.0998. The summed E-state index contributed by atoms with van der Waals surface area (Å²) < 4.78 is 6.89. The molecule has 4 nitrogen and oxygen atoms in total. The molecule has 1 heterocycles. The highest BCUT2D eigenvalue weighted by atomic mass is 32.2. The van der Waals surface area contributed by atoms with Gasteiger partial charge in [0.1, 0.15) is 0 Å². The zero-order valence-corrected chi connectivity index (χ0v) is 11.7. The number of ketones is 1. The van der Waals surface area contributed by atoms with E-state index in [0.29, 0.717) is 5.75 Å². The summed E-state index contributed by atoms with van der Waals surface area (Å²) >= 11 is 1.50. The van der Waals surface area contributed by atoms with Crippen LogP contribution in [0.25, 0.3) is 0 Å². The minimum atomic E-state index is 0.0666. The number of hydrogen-bond acceptors (Lipinski definition) is 5. The van der Waals surface area contributed by atoms with Crippen molar-refractivity contribution in [2.24, 2.45) is 0 Å². The van der Waals surface area contributed by atoms with Gasteiger partial charge in [-0.05, 0) is 30.1 Å². The molecule has 0 bridgehead atoms. The van der Waals surface area contributed by atoms with Gasteiger partial charge in [0.05, 0.1) is 19.3 Å². The molecule has 1 N–H and O–H groups in total. The lowest BCUT2D eigenvalue weighted by atomic mass is 10.1. The number of rotatable bonds is 2. The minimum absolute atomic E-state index is 0.0666. The van der Waals surface area contributed by atoms with Crippen LogP contribution < -0.4 is 9.04 Å². The highest BCUT2D eigenvalue weighted by Gasteiger charge is 2.24. The number of phenols is 1. The van der Waals surface area contributed by atoms with Gasteiger partial charge in [0.25, 0.3) is 0 Å². The van der Waals surface area contributed by atoms with Crippen molar-refractivity contribution < 1.29 is 14.6 Å². The van der Waals surface area contributed by atoms with Crippen LogP contribution in [0.5, 0.6) is 11.5 Å². The second kappa shape index (κ2) is 5.09. The second-order valence-corrected chi connectivity index (χ2v) is 5.47. The van der Waals surface area contributed by atoms with Crippen LogP contribution >= 0.6 is 11.9 Å². The largest absolute Gasteiger partial charge is 0.504 e. The summed E-state index contributed by atoms with van der Waals surface area (Å²) in [6, 6.07) is 12.7. The fourth-order valence-corrected chi connectivity index (χ4v) is 3.18. The first kappa shape index (κ1) is 12.9. The van der Waals surface area contributed by atoms with Gasteiger partial charge in [-0.15, -0.1) is 0 Å². The van der Waals surface area contributed by atoms with Crippen LogP contribution in [-0.4, -0.2) is 24.5 Å². The Bertz CT molecular complexity index is 672. The van der Waals surface area contributed by atoms with Crippen LogP contribution in [0.3, 0.4) is 0 Å². The molecule has 0 radical (unpaired) electrons. The maximum absolute atomic E-state index is 12.1. The number of carbonyl (C=O) groups excluding carboxylic acids is 1. The van der Waals surface area contributed by atoms with E-state index in [4.69, 9.17) is 4.74 Å². The number of benzene rings is 2. The monoisotopic (exact) mass is 287 g/mol. The molecule has 3 rings (SSSR count). The highest BCUT2D eigenvalue weighted by molar-refractivity contribution is 8.00. The molecule has 2 aromatic carbocycles. The van der Waals surface area contributed by atoms with E-state index in [0.717, 1.165) is 16.1 Å². The van der Waals surface area contributed by atoms with Crippen molar-refractivity contribution in [1.82, 2.24) is 0 Å². The predicted octanol–water partition coefficient (Wildman–Crippen LogP) is 3.11. The molecule has 5 heteroatoms. The van der Waals surface area contributed by atoms with E-state index < -0.39 is 0 Å². The molecule has 1 aliphatic rings. The molecular formula is C15H13NO3S. The summed E-state index contributed by atoms with van der Waals surface area (Å²) in [5.74, 6) is 0.564. The summed E-state index contributed by atoms with van der Waals surface area (Å²) in [5.41, 5.74) is 1.53. The summed E-state index contributed by atoms with van der Waals surface area (Å²) in [6.07, 6.45) is 0. The number of carbonyl (C=O) groups is 1. The number of aromatic hydroxyl groups is 1. The molecule has 1 aliphatic heterocycles. The Kier molecular flexibility index (Phi) is 3.28. The van der Waals surface area contributed by atoms with Gasteiger partial charge in [-0.2, -0.15) is 0 Å². The van der Waals surface area contributed by atoms with Crippen molar-refractivity contribution in [1.29, 1.82) is 0 Å². The van der Waals surface area contributed by atoms with E-state index in [9.17, 15) is 9.90 Å². The third-order valence-electron chi connectivity index (χ3n) is 3.13. The fraction of sp³-hybridized carbons (Fsp3) is 0.133. The van der Waals surface area contributed by atoms with Crippen molar-refractivity contribution in [3.05, 3.63) is 48.0 Å². The van der Waals surface area contributed by atoms with Gasteiger partial charge < -0.3 is 14.1 Å². The van der Waals surface area contributed by atoms with Gasteiger partial charge in [0.15, 0.2) is 17.3 Å². The third-order valence-corrected chi connectivity index (χ3v) is 4.25. The molecule has 0 saturated carbocycles. The molecule has 0 fully saturated rings. The first-order chi connectivity index (χ1) is 9.69. The van der Waals surface area contributed by atoms with Crippen LogP contribution in [0.15, 0.2) is 47.4 Å². The van der Waals surface area contributed by atoms with E-state index in [1.54, 1.807) is 12.1 Å². The van der Waals surface area contributed by atoms with Crippen molar-refractivity contribution >= 4 is 23.4 Å². The minimum Gasteiger partial charge on any atom is -0.504 e. The molecule has 102 valence electrons. The van der Waals surface area contributed by atoms with E-state index >= 15 is 0 Å². The van der Waals surface area contributed by atoms with Crippen LogP contribution in [0.2, 0.25) is 0 Å². The fourth-order valence-electron chi connectivity index (χ4n) is 2.12. The molecule has 2 aromatic rings. The first-order valence-corrected chi connectivity index (χ1v) is 6.91. The number of hydrogen-bond donors (Lipinski definition) is 1. The zero-order valence-electron chi connectivity index (χ0n) is 10.9. The van der Waals surface area contributed by atoms with Crippen LogP contribution in [-0.2, 0) is 0 Å². The maximum Gasteiger partial charge on any atom is 0.184 e. The molecule has 0 saturated heterocycles. The van der Waals surface area contributed by atoms with Crippen molar-refractivity contribution in [2.75, 3.05) is 18.0 Å². The van der Waals surface area contributed by atoms with Crippen LogP contribution in [0, 0.1) is 0 Å². The van der Waals surface area contributed by atoms with Crippen molar-refractivity contribution in [3.63, 3.8) is 0 Å². The van der Waals surface area contributed by atoms with Gasteiger partial charge in [0, 0.05) is 16.5 Å². The molecule has 0 aromatic heterocycles. The summed E-state index contributed by atoms with van der Waals surface area (Å²) in [6.45, 7) is 0.285. The highest BCUT2D eigenvalue weighted by Crippen LogP contribution is 2.38. The van der Waals surface area contributed by atoms with Crippen molar-refractivity contribution in [2.45, 2.75) is 4.90 Å². The Morgan fingerprint density at radius 1 is 1.25 bits per heavy atom. The Hall–Kier alpha value is -2.14. The van der Waals surface area contributed by atoms with Crippen LogP contribution in [0.1, 0.15) is 10.4 Å². The number of phenolic OH excluding ortho intramolecular Hbond substituents is 1. The molecule has 0 atom stereocenters. The number of anilines is 1. The van der Waals surface area contributed by atoms with Gasteiger partial charge in [-0.1, -0.05) is 18.2 Å². The number of Topliss-reactive ketones (excluding diaryl/α,β-unsaturated/α-hetero) is 1. The number of ether oxygens (including phenoxy) is 1. The smallest absolute Gasteiger partial charge is 0.184 e. The van der Waals surface area contributed by atoms with Gasteiger partial charge in [0.2, 0.25) is 0 Å². The second-order valence-electron chi connectivity index (χ2n) is 4.40. The average molecular weight is 287 g/mol. The Balaban J connectivity index is 1.94. The predicted molar refractivity (Wildman–Crippen MR) is 78.6 cm³/mol. The van der Waals surface area contributed by atoms with E-state index in [2.05, 4.69) is 0 Å². The van der Waals surface area contributed by atoms with Crippen molar-refractivity contribution in [3.8, 4) is 11.5 Å². The summed E-state index contributed by atoms with van der Waals surface area (Å²) in [5, 5.41) is 9.84. The molecule has 0 spiro atoms. The average Bonchev–Trinajstić information content (AvgIpc) is 2.47. The van der Waals surface area contributed by atoms with E-state index in [1.807, 2.05) is 34.6 Å². The molecule has 0 amide bonds. The Morgan fingerprint density at radius 2 is 2.05 bits per heavy atom. The normalized spacial score (nSPS) is 14.1.